The van der Waals surface area contributed by atoms with E-state index in [0.29, 0.717) is 40.0 Å². The van der Waals surface area contributed by atoms with Gasteiger partial charge in [-0.25, -0.2) is 4.39 Å². The predicted molar refractivity (Wildman–Crippen MR) is 106 cm³/mol. The number of H-pyrrole nitrogens is 1. The number of pyridine rings is 1. The van der Waals surface area contributed by atoms with Crippen LogP contribution in [0.25, 0.3) is 27.8 Å². The summed E-state index contributed by atoms with van der Waals surface area (Å²) in [4.78, 5) is 27.5. The van der Waals surface area contributed by atoms with Crippen LogP contribution in [0.3, 0.4) is 0 Å². The van der Waals surface area contributed by atoms with E-state index in [2.05, 4.69) is 15.4 Å². The van der Waals surface area contributed by atoms with E-state index in [1.165, 1.54) is 16.9 Å². The van der Waals surface area contributed by atoms with Gasteiger partial charge in [0.25, 0.3) is 5.56 Å². The van der Waals surface area contributed by atoms with Gasteiger partial charge in [-0.1, -0.05) is 26.0 Å². The second kappa shape index (κ2) is 6.92. The average Bonchev–Trinajstić information content (AvgIpc) is 2.99. The third kappa shape index (κ3) is 3.15. The number of rotatable bonds is 4. The lowest BCUT2D eigenvalue weighted by atomic mass is 10.1. The summed E-state index contributed by atoms with van der Waals surface area (Å²) in [6, 6.07) is 11.5. The second-order valence-electron chi connectivity index (χ2n) is 7.12. The monoisotopic (exact) mass is 378 g/mol. The number of carbonyl (C=O) groups is 1. The van der Waals surface area contributed by atoms with Crippen LogP contribution in [0, 0.1) is 11.7 Å². The van der Waals surface area contributed by atoms with E-state index in [0.717, 1.165) is 0 Å². The highest BCUT2D eigenvalue weighted by atomic mass is 19.1. The summed E-state index contributed by atoms with van der Waals surface area (Å²) in [5.41, 5.74) is 2.05. The Kier molecular flexibility index (Phi) is 4.43. The number of aromatic nitrogens is 3. The van der Waals surface area contributed by atoms with Crippen LogP contribution >= 0.6 is 0 Å². The summed E-state index contributed by atoms with van der Waals surface area (Å²) < 4.78 is 15.3. The first-order valence-corrected chi connectivity index (χ1v) is 9.03. The van der Waals surface area contributed by atoms with E-state index in [1.54, 1.807) is 36.4 Å². The highest BCUT2D eigenvalue weighted by Gasteiger charge is 2.20. The molecule has 2 aliphatic heterocycles. The molecule has 0 atom stereocenters. The van der Waals surface area contributed by atoms with Gasteiger partial charge in [0.15, 0.2) is 0 Å². The average molecular weight is 378 g/mol. The number of hydrogen-bond donors (Lipinski definition) is 2. The highest BCUT2D eigenvalue weighted by molar-refractivity contribution is 5.93. The molecule has 0 aliphatic carbocycles. The van der Waals surface area contributed by atoms with Crippen molar-refractivity contribution in [3.63, 3.8) is 0 Å². The Labute approximate surface area is 160 Å². The molecule has 2 aliphatic rings. The van der Waals surface area contributed by atoms with Crippen LogP contribution in [-0.2, 0) is 4.79 Å². The fourth-order valence-corrected chi connectivity index (χ4v) is 3.20. The lowest BCUT2D eigenvalue weighted by Gasteiger charge is -2.08. The Morgan fingerprint density at radius 1 is 1.21 bits per heavy atom. The first-order valence-electron chi connectivity index (χ1n) is 9.03. The number of nitrogens with zero attached hydrogens (tertiary/aromatic N) is 2. The van der Waals surface area contributed by atoms with Crippen molar-refractivity contribution in [3.8, 4) is 16.9 Å². The molecule has 0 fully saturated rings. The normalized spacial score (nSPS) is 11.4. The number of carbonyl (C=O) groups excluding carboxylic acids is 1. The van der Waals surface area contributed by atoms with Crippen LogP contribution in [0.5, 0.6) is 0 Å². The van der Waals surface area contributed by atoms with Gasteiger partial charge in [0.1, 0.15) is 11.5 Å². The number of fused-ring (bicyclic) bond motifs is 3. The minimum atomic E-state index is -0.400. The fraction of sp³-hybridized carbons (Fsp3) is 0.190. The van der Waals surface area contributed by atoms with Crippen LogP contribution in [0.4, 0.5) is 10.1 Å². The minimum Gasteiger partial charge on any atom is -0.358 e. The Hall–Kier alpha value is -3.48. The van der Waals surface area contributed by atoms with Crippen molar-refractivity contribution in [1.29, 1.82) is 0 Å². The molecular formula is C21H19FN4O2. The molecule has 0 spiro atoms. The molecule has 142 valence electrons. The molecule has 0 radical (unpaired) electrons. The molecule has 0 aromatic heterocycles. The van der Waals surface area contributed by atoms with Crippen molar-refractivity contribution in [2.45, 2.75) is 20.3 Å². The molecule has 0 saturated heterocycles. The van der Waals surface area contributed by atoms with Crippen molar-refractivity contribution >= 4 is 22.5 Å². The third-order valence-electron chi connectivity index (χ3n) is 4.50. The van der Waals surface area contributed by atoms with Gasteiger partial charge in [0.05, 0.1) is 16.8 Å². The topological polar surface area (TPSA) is 79.8 Å². The van der Waals surface area contributed by atoms with E-state index in [9.17, 15) is 14.0 Å². The number of nitrogens with one attached hydrogen (secondary N) is 2. The zero-order valence-corrected chi connectivity index (χ0v) is 15.5. The number of para-hydroxylation sites is 1. The maximum atomic E-state index is 14.0. The van der Waals surface area contributed by atoms with Crippen molar-refractivity contribution < 1.29 is 9.18 Å². The maximum absolute atomic E-state index is 14.0. The van der Waals surface area contributed by atoms with Crippen molar-refractivity contribution in [2.75, 3.05) is 5.32 Å². The molecule has 1 amide bonds. The lowest BCUT2D eigenvalue weighted by Crippen LogP contribution is -2.15. The third-order valence-corrected chi connectivity index (χ3v) is 4.50. The van der Waals surface area contributed by atoms with Crippen molar-refractivity contribution in [1.82, 2.24) is 14.8 Å². The van der Waals surface area contributed by atoms with Gasteiger partial charge in [-0.05, 0) is 36.2 Å². The molecule has 4 rings (SSSR count). The summed E-state index contributed by atoms with van der Waals surface area (Å²) in [5, 5.41) is 7.79. The molecule has 0 saturated carbocycles. The van der Waals surface area contributed by atoms with Crippen LogP contribution in [0.2, 0.25) is 0 Å². The van der Waals surface area contributed by atoms with Gasteiger partial charge in [-0.2, -0.15) is 9.78 Å². The first kappa shape index (κ1) is 17.9. The van der Waals surface area contributed by atoms with Crippen LogP contribution in [0.1, 0.15) is 20.3 Å². The minimum absolute atomic E-state index is 0.0545. The van der Waals surface area contributed by atoms with Crippen molar-refractivity contribution in [3.05, 3.63) is 64.8 Å². The van der Waals surface area contributed by atoms with Crippen molar-refractivity contribution in [2.24, 2.45) is 5.92 Å². The Morgan fingerprint density at radius 2 is 1.96 bits per heavy atom. The smallest absolute Gasteiger partial charge is 0.282 e. The van der Waals surface area contributed by atoms with E-state index < -0.39 is 5.82 Å². The van der Waals surface area contributed by atoms with Crippen LogP contribution in [0.15, 0.2) is 53.5 Å². The van der Waals surface area contributed by atoms with Gasteiger partial charge in [0.2, 0.25) is 5.91 Å². The molecule has 2 heterocycles. The Bertz CT molecular complexity index is 1190. The molecule has 28 heavy (non-hydrogen) atoms. The Balaban J connectivity index is 1.71. The largest absolute Gasteiger partial charge is 0.358 e. The number of halogens is 1. The zero-order valence-electron chi connectivity index (χ0n) is 15.5. The van der Waals surface area contributed by atoms with E-state index >= 15 is 0 Å². The summed E-state index contributed by atoms with van der Waals surface area (Å²) in [6.07, 6.45) is 1.92. The van der Waals surface area contributed by atoms with Crippen LogP contribution < -0.4 is 10.9 Å². The lowest BCUT2D eigenvalue weighted by molar-refractivity contribution is -0.116. The molecule has 2 aromatic carbocycles. The number of amides is 1. The zero-order chi connectivity index (χ0) is 19.8. The van der Waals surface area contributed by atoms with E-state index in [1.807, 2.05) is 13.8 Å². The fourth-order valence-electron chi connectivity index (χ4n) is 3.20. The molecule has 2 aromatic rings. The number of benzene rings is 2. The molecule has 2 N–H and O–H groups in total. The van der Waals surface area contributed by atoms with E-state index in [4.69, 9.17) is 0 Å². The summed E-state index contributed by atoms with van der Waals surface area (Å²) in [7, 11) is 0. The summed E-state index contributed by atoms with van der Waals surface area (Å²) >= 11 is 0. The first-order chi connectivity index (χ1) is 13.4. The van der Waals surface area contributed by atoms with Gasteiger partial charge < -0.3 is 10.3 Å². The standard InChI is InChI=1S/C21H19FN4O2/c1-12(2)10-18(27)24-13-6-8-14(9-7-13)26-21(28)16-11-23-20-15(19(16)25-26)4-3-5-17(20)22/h3-9,11-12,23H,10H2,1-2H3,(H,24,27). The number of anilines is 1. The summed E-state index contributed by atoms with van der Waals surface area (Å²) in [6.45, 7) is 3.96. The van der Waals surface area contributed by atoms with Crippen LogP contribution in [-0.4, -0.2) is 20.7 Å². The van der Waals surface area contributed by atoms with Gasteiger partial charge in [-0.15, -0.1) is 0 Å². The van der Waals surface area contributed by atoms with Gasteiger partial charge in [0, 0.05) is 23.7 Å². The highest BCUT2D eigenvalue weighted by Crippen LogP contribution is 2.27. The quantitative estimate of drug-likeness (QED) is 0.564. The Morgan fingerprint density at radius 3 is 2.68 bits per heavy atom. The summed E-state index contributed by atoms with van der Waals surface area (Å²) in [5.74, 6) is -0.181. The molecule has 0 unspecified atom stereocenters. The molecular weight excluding hydrogens is 359 g/mol. The molecule has 7 heteroatoms. The molecule has 0 bridgehead atoms. The maximum Gasteiger partial charge on any atom is 0.282 e. The van der Waals surface area contributed by atoms with Gasteiger partial charge in [-0.3, -0.25) is 9.59 Å². The number of aromatic amines is 1. The van der Waals surface area contributed by atoms with E-state index in [-0.39, 0.29) is 17.4 Å². The molecule has 6 nitrogen and oxygen atoms in total. The predicted octanol–water partition coefficient (Wildman–Crippen LogP) is 3.94. The second-order valence-corrected chi connectivity index (χ2v) is 7.12. The number of hydrogen-bond acceptors (Lipinski definition) is 3. The van der Waals surface area contributed by atoms with Gasteiger partial charge >= 0.3 is 0 Å². The SMILES string of the molecule is CC(C)CC(=O)Nc1ccc(-n2nc3c4cccc(F)c4[nH]cc-3c2=O)cc1.